The highest BCUT2D eigenvalue weighted by Crippen LogP contribution is 2.51. The molecule has 0 radical (unpaired) electrons. The van der Waals surface area contributed by atoms with Gasteiger partial charge in [0.05, 0.1) is 6.10 Å². The van der Waals surface area contributed by atoms with Crippen molar-refractivity contribution in [1.82, 2.24) is 0 Å². The molecule has 1 aromatic carbocycles. The van der Waals surface area contributed by atoms with Crippen molar-refractivity contribution in [1.29, 1.82) is 0 Å². The molecule has 0 bridgehead atoms. The highest BCUT2D eigenvalue weighted by Gasteiger charge is 2.48. The topological polar surface area (TPSA) is 29.5 Å². The van der Waals surface area contributed by atoms with E-state index in [2.05, 4.69) is 6.92 Å². The number of ether oxygens (including phenoxy) is 1. The molecule has 1 aliphatic carbocycles. The van der Waals surface area contributed by atoms with E-state index in [0.29, 0.717) is 17.4 Å². The third kappa shape index (κ3) is 1.52. The summed E-state index contributed by atoms with van der Waals surface area (Å²) in [6, 6.07) is 5.48. The van der Waals surface area contributed by atoms with Crippen molar-refractivity contribution in [2.75, 3.05) is 0 Å². The molecule has 1 spiro atoms. The summed E-state index contributed by atoms with van der Waals surface area (Å²) in [6.07, 6.45) is 2.36. The first-order valence-electron chi connectivity index (χ1n) is 5.74. The molecule has 86 valence electrons. The van der Waals surface area contributed by atoms with Gasteiger partial charge in [0.25, 0.3) is 0 Å². The number of halogens is 1. The van der Waals surface area contributed by atoms with Crippen LogP contribution in [0.1, 0.15) is 37.9 Å². The van der Waals surface area contributed by atoms with E-state index in [0.717, 1.165) is 24.2 Å². The van der Waals surface area contributed by atoms with Gasteiger partial charge >= 0.3 is 0 Å². The molecular weight excluding hydrogens is 224 g/mol. The molecular formula is C13H15ClO2. The van der Waals surface area contributed by atoms with Crippen molar-refractivity contribution in [2.45, 2.75) is 37.9 Å². The zero-order valence-corrected chi connectivity index (χ0v) is 10.00. The minimum absolute atomic E-state index is 0.111. The van der Waals surface area contributed by atoms with E-state index in [1.54, 1.807) is 6.07 Å². The molecule has 1 saturated carbocycles. The van der Waals surface area contributed by atoms with Gasteiger partial charge in [0.1, 0.15) is 11.4 Å². The average Bonchev–Trinajstić information content (AvgIpc) is 2.17. The molecule has 2 aliphatic rings. The quantitative estimate of drug-likeness (QED) is 0.751. The third-order valence-corrected chi connectivity index (χ3v) is 3.90. The maximum absolute atomic E-state index is 10.1. The number of hydrogen-bond acceptors (Lipinski definition) is 2. The van der Waals surface area contributed by atoms with Crippen LogP contribution in [0.4, 0.5) is 0 Å². The minimum Gasteiger partial charge on any atom is -0.487 e. The van der Waals surface area contributed by atoms with Crippen LogP contribution in [0.5, 0.6) is 5.75 Å². The molecule has 1 aliphatic heterocycles. The largest absolute Gasteiger partial charge is 0.487 e. The molecule has 1 atom stereocenters. The van der Waals surface area contributed by atoms with Gasteiger partial charge in [-0.1, -0.05) is 18.5 Å². The van der Waals surface area contributed by atoms with Crippen LogP contribution >= 0.6 is 11.6 Å². The van der Waals surface area contributed by atoms with E-state index in [1.165, 1.54) is 0 Å². The Morgan fingerprint density at radius 1 is 1.38 bits per heavy atom. The Kier molecular flexibility index (Phi) is 2.20. The zero-order chi connectivity index (χ0) is 11.3. The standard InChI is InChI=1S/C13H15ClO2/c1-8-5-13(6-8)7-11(15)10-4-9(14)2-3-12(10)16-13/h2-4,8,11,15H,5-7H2,1H3. The van der Waals surface area contributed by atoms with Crippen LogP contribution < -0.4 is 4.74 Å². The Balaban J connectivity index is 1.94. The van der Waals surface area contributed by atoms with Crippen LogP contribution in [0.3, 0.4) is 0 Å². The van der Waals surface area contributed by atoms with E-state index in [9.17, 15) is 5.11 Å². The van der Waals surface area contributed by atoms with Gasteiger partial charge in [-0.2, -0.15) is 0 Å². The lowest BCUT2D eigenvalue weighted by molar-refractivity contribution is -0.0925. The summed E-state index contributed by atoms with van der Waals surface area (Å²) in [6.45, 7) is 2.22. The van der Waals surface area contributed by atoms with Gasteiger partial charge in [-0.15, -0.1) is 0 Å². The van der Waals surface area contributed by atoms with Crippen molar-refractivity contribution >= 4 is 11.6 Å². The first-order chi connectivity index (χ1) is 7.58. The van der Waals surface area contributed by atoms with E-state index in [-0.39, 0.29) is 5.60 Å². The Morgan fingerprint density at radius 3 is 2.81 bits per heavy atom. The van der Waals surface area contributed by atoms with Gasteiger partial charge in [-0.3, -0.25) is 0 Å². The molecule has 0 aromatic heterocycles. The fraction of sp³-hybridized carbons (Fsp3) is 0.538. The van der Waals surface area contributed by atoms with Gasteiger partial charge in [-0.05, 0) is 37.0 Å². The fourth-order valence-electron chi connectivity index (χ4n) is 3.07. The average molecular weight is 239 g/mol. The second-order valence-corrected chi connectivity index (χ2v) is 5.64. The lowest BCUT2D eigenvalue weighted by Gasteiger charge is -2.50. The normalized spacial score (nSPS) is 36.4. The summed E-state index contributed by atoms with van der Waals surface area (Å²) in [5.41, 5.74) is 0.720. The number of fused-ring (bicyclic) bond motifs is 1. The van der Waals surface area contributed by atoms with Gasteiger partial charge < -0.3 is 9.84 Å². The Morgan fingerprint density at radius 2 is 2.12 bits per heavy atom. The third-order valence-electron chi connectivity index (χ3n) is 3.66. The van der Waals surface area contributed by atoms with E-state index in [1.807, 2.05) is 12.1 Å². The Bertz CT molecular complexity index is 424. The summed E-state index contributed by atoms with van der Waals surface area (Å²) in [4.78, 5) is 0. The van der Waals surface area contributed by atoms with Gasteiger partial charge in [0, 0.05) is 17.0 Å². The highest BCUT2D eigenvalue weighted by molar-refractivity contribution is 6.30. The van der Waals surface area contributed by atoms with Crippen molar-refractivity contribution in [2.24, 2.45) is 5.92 Å². The molecule has 3 heteroatoms. The maximum Gasteiger partial charge on any atom is 0.126 e. The summed E-state index contributed by atoms with van der Waals surface area (Å²) in [7, 11) is 0. The molecule has 0 amide bonds. The lowest BCUT2D eigenvalue weighted by atomic mass is 9.67. The molecule has 1 fully saturated rings. The summed E-state index contributed by atoms with van der Waals surface area (Å²) in [5, 5.41) is 10.8. The number of rotatable bonds is 0. The van der Waals surface area contributed by atoms with Gasteiger partial charge in [0.2, 0.25) is 0 Å². The Labute approximate surface area is 100 Å². The van der Waals surface area contributed by atoms with Crippen LogP contribution in [-0.4, -0.2) is 10.7 Å². The van der Waals surface area contributed by atoms with Crippen LogP contribution in [0.2, 0.25) is 5.02 Å². The SMILES string of the molecule is CC1CC2(C1)CC(O)c1cc(Cl)ccc1O2. The second-order valence-electron chi connectivity index (χ2n) is 5.20. The second kappa shape index (κ2) is 3.38. The first kappa shape index (κ1) is 10.4. The molecule has 1 N–H and O–H groups in total. The van der Waals surface area contributed by atoms with Crippen LogP contribution in [-0.2, 0) is 0 Å². The van der Waals surface area contributed by atoms with Gasteiger partial charge in [-0.25, -0.2) is 0 Å². The van der Waals surface area contributed by atoms with E-state index < -0.39 is 6.10 Å². The summed E-state index contributed by atoms with van der Waals surface area (Å²) < 4.78 is 6.03. The van der Waals surface area contributed by atoms with Crippen LogP contribution in [0.25, 0.3) is 0 Å². The summed E-state index contributed by atoms with van der Waals surface area (Å²) in [5.74, 6) is 1.51. The first-order valence-corrected chi connectivity index (χ1v) is 6.12. The molecule has 1 unspecified atom stereocenters. The predicted octanol–water partition coefficient (Wildman–Crippen LogP) is 3.32. The van der Waals surface area contributed by atoms with Crippen LogP contribution in [0, 0.1) is 5.92 Å². The van der Waals surface area contributed by atoms with E-state index >= 15 is 0 Å². The molecule has 16 heavy (non-hydrogen) atoms. The fourth-order valence-corrected chi connectivity index (χ4v) is 3.25. The molecule has 0 saturated heterocycles. The Hall–Kier alpha value is -0.730. The van der Waals surface area contributed by atoms with Crippen molar-refractivity contribution in [3.63, 3.8) is 0 Å². The predicted molar refractivity (Wildman–Crippen MR) is 62.8 cm³/mol. The number of aliphatic hydroxyl groups excluding tert-OH is 1. The van der Waals surface area contributed by atoms with Crippen molar-refractivity contribution in [3.8, 4) is 5.75 Å². The molecule has 1 aromatic rings. The smallest absolute Gasteiger partial charge is 0.126 e. The maximum atomic E-state index is 10.1. The van der Waals surface area contributed by atoms with Crippen molar-refractivity contribution in [3.05, 3.63) is 28.8 Å². The zero-order valence-electron chi connectivity index (χ0n) is 9.24. The lowest BCUT2D eigenvalue weighted by Crippen LogP contribution is -2.51. The highest BCUT2D eigenvalue weighted by atomic mass is 35.5. The molecule has 1 heterocycles. The number of aliphatic hydroxyl groups is 1. The number of benzene rings is 1. The van der Waals surface area contributed by atoms with E-state index in [4.69, 9.17) is 16.3 Å². The molecule has 2 nitrogen and oxygen atoms in total. The minimum atomic E-state index is -0.435. The van der Waals surface area contributed by atoms with Crippen molar-refractivity contribution < 1.29 is 9.84 Å². The summed E-state index contributed by atoms with van der Waals surface area (Å²) >= 11 is 5.92. The monoisotopic (exact) mass is 238 g/mol. The molecule has 3 rings (SSSR count). The number of hydrogen-bond donors (Lipinski definition) is 1. The van der Waals surface area contributed by atoms with Gasteiger partial charge in [0.15, 0.2) is 0 Å². The van der Waals surface area contributed by atoms with Crippen LogP contribution in [0.15, 0.2) is 18.2 Å².